The van der Waals surface area contributed by atoms with Gasteiger partial charge in [-0.05, 0) is 39.2 Å². The molecule has 3 aliphatic rings. The SMILES string of the molecule is CC(=O)O[C@H]1c2c(C)coc2C[C@]2(C)O[C@H]2CC[C@]2(C)O[C@H]12. The summed E-state index contributed by atoms with van der Waals surface area (Å²) in [6.07, 6.45) is 4.09. The first kappa shape index (κ1) is 14.3. The molecule has 0 N–H and O–H groups in total. The van der Waals surface area contributed by atoms with Gasteiger partial charge in [-0.3, -0.25) is 4.79 Å². The second kappa shape index (κ2) is 4.36. The molecule has 0 bridgehead atoms. The highest BCUT2D eigenvalue weighted by molar-refractivity contribution is 5.66. The second-order valence-electron chi connectivity index (χ2n) is 7.27. The molecule has 5 atom stereocenters. The van der Waals surface area contributed by atoms with Gasteiger partial charge in [-0.15, -0.1) is 0 Å². The Balaban J connectivity index is 1.76. The zero-order chi connectivity index (χ0) is 15.7. The highest BCUT2D eigenvalue weighted by Gasteiger charge is 2.62. The molecule has 0 spiro atoms. The van der Waals surface area contributed by atoms with E-state index in [0.717, 1.165) is 29.7 Å². The van der Waals surface area contributed by atoms with Crippen LogP contribution in [0, 0.1) is 6.92 Å². The van der Waals surface area contributed by atoms with E-state index in [2.05, 4.69) is 13.8 Å². The van der Waals surface area contributed by atoms with Gasteiger partial charge in [-0.1, -0.05) is 0 Å². The van der Waals surface area contributed by atoms with E-state index in [4.69, 9.17) is 18.6 Å². The molecule has 1 aliphatic carbocycles. The average Bonchev–Trinajstić information content (AvgIpc) is 3.23. The quantitative estimate of drug-likeness (QED) is 0.589. The topological polar surface area (TPSA) is 64.5 Å². The maximum atomic E-state index is 11.6. The number of aryl methyl sites for hydroxylation is 1. The Hall–Kier alpha value is -1.33. The van der Waals surface area contributed by atoms with Gasteiger partial charge in [-0.25, -0.2) is 0 Å². The van der Waals surface area contributed by atoms with Gasteiger partial charge in [0.1, 0.15) is 11.9 Å². The van der Waals surface area contributed by atoms with E-state index in [-0.39, 0.29) is 29.4 Å². The third-order valence-corrected chi connectivity index (χ3v) is 5.35. The number of epoxide rings is 2. The summed E-state index contributed by atoms with van der Waals surface area (Å²) in [4.78, 5) is 11.6. The number of hydrogen-bond acceptors (Lipinski definition) is 5. The fourth-order valence-electron chi connectivity index (χ4n) is 3.86. The molecule has 1 aromatic rings. The number of rotatable bonds is 1. The largest absolute Gasteiger partial charge is 0.469 e. The second-order valence-corrected chi connectivity index (χ2v) is 7.27. The van der Waals surface area contributed by atoms with Crippen molar-refractivity contribution in [2.45, 2.75) is 76.5 Å². The first-order valence-electron chi connectivity index (χ1n) is 7.92. The van der Waals surface area contributed by atoms with Crippen LogP contribution in [0.15, 0.2) is 10.7 Å². The summed E-state index contributed by atoms with van der Waals surface area (Å²) in [5.41, 5.74) is 1.55. The van der Waals surface area contributed by atoms with Crippen LogP contribution in [0.2, 0.25) is 0 Å². The minimum Gasteiger partial charge on any atom is -0.469 e. The van der Waals surface area contributed by atoms with Crippen molar-refractivity contribution in [2.24, 2.45) is 0 Å². The summed E-state index contributed by atoms with van der Waals surface area (Å²) in [6, 6.07) is 0. The van der Waals surface area contributed by atoms with Crippen molar-refractivity contribution in [3.63, 3.8) is 0 Å². The fourth-order valence-corrected chi connectivity index (χ4v) is 3.86. The number of carbonyl (C=O) groups is 1. The molecule has 0 aromatic carbocycles. The van der Waals surface area contributed by atoms with Crippen molar-refractivity contribution in [3.05, 3.63) is 23.2 Å². The molecule has 4 rings (SSSR count). The van der Waals surface area contributed by atoms with Gasteiger partial charge in [0.15, 0.2) is 6.10 Å². The molecule has 22 heavy (non-hydrogen) atoms. The zero-order valence-corrected chi connectivity index (χ0v) is 13.5. The Morgan fingerprint density at radius 1 is 1.32 bits per heavy atom. The van der Waals surface area contributed by atoms with Gasteiger partial charge < -0.3 is 18.6 Å². The monoisotopic (exact) mass is 306 g/mol. The normalized spacial score (nSPS) is 42.6. The van der Waals surface area contributed by atoms with Gasteiger partial charge in [0.2, 0.25) is 0 Å². The van der Waals surface area contributed by atoms with E-state index >= 15 is 0 Å². The van der Waals surface area contributed by atoms with Crippen LogP contribution in [-0.4, -0.2) is 29.4 Å². The molecule has 0 amide bonds. The molecule has 5 heteroatoms. The van der Waals surface area contributed by atoms with Gasteiger partial charge in [0, 0.05) is 18.9 Å². The molecule has 3 heterocycles. The van der Waals surface area contributed by atoms with Gasteiger partial charge in [0.05, 0.1) is 23.6 Å². The molecule has 0 unspecified atom stereocenters. The van der Waals surface area contributed by atoms with E-state index < -0.39 is 6.10 Å². The van der Waals surface area contributed by atoms with Crippen LogP contribution < -0.4 is 0 Å². The van der Waals surface area contributed by atoms with Crippen LogP contribution >= 0.6 is 0 Å². The number of carbonyl (C=O) groups excluding carboxylic acids is 1. The summed E-state index contributed by atoms with van der Waals surface area (Å²) in [5.74, 6) is 0.562. The van der Waals surface area contributed by atoms with Crippen molar-refractivity contribution in [2.75, 3.05) is 0 Å². The Kier molecular flexibility index (Phi) is 2.83. The Morgan fingerprint density at radius 3 is 2.82 bits per heavy atom. The Bertz CT molecular complexity index is 635. The van der Waals surface area contributed by atoms with Crippen LogP contribution in [0.3, 0.4) is 0 Å². The zero-order valence-electron chi connectivity index (χ0n) is 13.5. The number of esters is 1. The molecule has 0 radical (unpaired) electrons. The number of ether oxygens (including phenoxy) is 3. The predicted octanol–water partition coefficient (Wildman–Crippen LogP) is 2.84. The summed E-state index contributed by atoms with van der Waals surface area (Å²) in [6.45, 7) is 7.63. The van der Waals surface area contributed by atoms with Gasteiger partial charge in [-0.2, -0.15) is 0 Å². The lowest BCUT2D eigenvalue weighted by atomic mass is 9.86. The molecule has 2 aliphatic heterocycles. The lowest BCUT2D eigenvalue weighted by Gasteiger charge is -2.20. The van der Waals surface area contributed by atoms with Gasteiger partial charge in [0.25, 0.3) is 0 Å². The van der Waals surface area contributed by atoms with Crippen LogP contribution in [-0.2, 0) is 25.4 Å². The first-order chi connectivity index (χ1) is 10.3. The lowest BCUT2D eigenvalue weighted by Crippen LogP contribution is -2.25. The van der Waals surface area contributed by atoms with E-state index in [1.54, 1.807) is 6.26 Å². The summed E-state index contributed by atoms with van der Waals surface area (Å²) >= 11 is 0. The molecule has 1 aromatic heterocycles. The summed E-state index contributed by atoms with van der Waals surface area (Å²) < 4.78 is 23.3. The van der Waals surface area contributed by atoms with Gasteiger partial charge >= 0.3 is 5.97 Å². The van der Waals surface area contributed by atoms with E-state index in [1.807, 2.05) is 6.92 Å². The lowest BCUT2D eigenvalue weighted by molar-refractivity contribution is -0.147. The average molecular weight is 306 g/mol. The smallest absolute Gasteiger partial charge is 0.303 e. The van der Waals surface area contributed by atoms with Crippen molar-refractivity contribution in [3.8, 4) is 0 Å². The Morgan fingerprint density at radius 2 is 2.09 bits per heavy atom. The molecular formula is C17H22O5. The maximum absolute atomic E-state index is 11.6. The van der Waals surface area contributed by atoms with Crippen molar-refractivity contribution in [1.29, 1.82) is 0 Å². The molecular weight excluding hydrogens is 284 g/mol. The minimum absolute atomic E-state index is 0.102. The number of hydrogen-bond donors (Lipinski definition) is 0. The fraction of sp³-hybridized carbons (Fsp3) is 0.706. The minimum atomic E-state index is -0.393. The first-order valence-corrected chi connectivity index (χ1v) is 7.92. The summed E-state index contributed by atoms with van der Waals surface area (Å²) in [5, 5.41) is 0. The molecule has 2 fully saturated rings. The third kappa shape index (κ3) is 2.10. The predicted molar refractivity (Wildman–Crippen MR) is 77.4 cm³/mol. The third-order valence-electron chi connectivity index (χ3n) is 5.35. The van der Waals surface area contributed by atoms with E-state index in [0.29, 0.717) is 6.42 Å². The Labute approximate surface area is 129 Å². The maximum Gasteiger partial charge on any atom is 0.303 e. The van der Waals surface area contributed by atoms with E-state index in [9.17, 15) is 4.79 Å². The van der Waals surface area contributed by atoms with Crippen molar-refractivity contribution < 1.29 is 23.4 Å². The van der Waals surface area contributed by atoms with Crippen LogP contribution in [0.4, 0.5) is 0 Å². The van der Waals surface area contributed by atoms with Crippen LogP contribution in [0.25, 0.3) is 0 Å². The standard InChI is InChI=1S/C17H22O5/c1-9-8-19-11-7-17(4)12(21-17)5-6-16(3)15(22-16)14(13(9)11)20-10(2)18/h8,12,14-15H,5-7H2,1-4H3/t12-,14-,15+,16-,17-/m0/s1. The van der Waals surface area contributed by atoms with Crippen molar-refractivity contribution >= 4 is 5.97 Å². The van der Waals surface area contributed by atoms with Crippen molar-refractivity contribution in [1.82, 2.24) is 0 Å². The van der Waals surface area contributed by atoms with Crippen LogP contribution in [0.5, 0.6) is 0 Å². The highest BCUT2D eigenvalue weighted by atomic mass is 16.6. The molecule has 2 saturated heterocycles. The van der Waals surface area contributed by atoms with Crippen LogP contribution in [0.1, 0.15) is 56.6 Å². The summed E-state index contributed by atoms with van der Waals surface area (Å²) in [7, 11) is 0. The number of furan rings is 1. The van der Waals surface area contributed by atoms with E-state index in [1.165, 1.54) is 6.92 Å². The molecule has 0 saturated carbocycles. The molecule has 5 nitrogen and oxygen atoms in total. The number of fused-ring (bicyclic) bond motifs is 3. The highest BCUT2D eigenvalue weighted by Crippen LogP contribution is 2.54. The molecule has 120 valence electrons.